The number of hydrogen-bond acceptors (Lipinski definition) is 3. The van der Waals surface area contributed by atoms with Crippen molar-refractivity contribution in [2.24, 2.45) is 11.5 Å². The molecular formula is C11H16BrN3O. The Morgan fingerprint density at radius 2 is 2.25 bits per heavy atom. The number of rotatable bonds is 5. The van der Waals surface area contributed by atoms with Crippen LogP contribution in [0.5, 0.6) is 0 Å². The monoisotopic (exact) mass is 285 g/mol. The first kappa shape index (κ1) is 13.0. The molecule has 0 fully saturated rings. The number of amides is 1. The Morgan fingerprint density at radius 3 is 2.81 bits per heavy atom. The third-order valence-electron chi connectivity index (χ3n) is 2.33. The number of benzene rings is 1. The van der Waals surface area contributed by atoms with E-state index in [2.05, 4.69) is 21.2 Å². The topological polar surface area (TPSA) is 81.1 Å². The normalized spacial score (nSPS) is 12.2. The standard InChI is InChI=1S/C11H16BrN3O/c1-2-8(13)6-15-10-5-7(12)3-4-9(10)11(14)16/h3-5,8,15H,2,6,13H2,1H3,(H2,14,16). The second-order valence-corrected chi connectivity index (χ2v) is 4.52. The van der Waals surface area contributed by atoms with E-state index < -0.39 is 5.91 Å². The molecule has 0 aromatic heterocycles. The Morgan fingerprint density at radius 1 is 1.56 bits per heavy atom. The minimum atomic E-state index is -0.444. The maximum Gasteiger partial charge on any atom is 0.250 e. The van der Waals surface area contributed by atoms with Crippen molar-refractivity contribution in [3.05, 3.63) is 28.2 Å². The van der Waals surface area contributed by atoms with Gasteiger partial charge in [-0.1, -0.05) is 22.9 Å². The van der Waals surface area contributed by atoms with Gasteiger partial charge in [0, 0.05) is 22.7 Å². The summed E-state index contributed by atoms with van der Waals surface area (Å²) >= 11 is 3.35. The Labute approximate surface area is 104 Å². The van der Waals surface area contributed by atoms with Gasteiger partial charge in [-0.15, -0.1) is 0 Å². The fourth-order valence-electron chi connectivity index (χ4n) is 1.26. The SMILES string of the molecule is CCC(N)CNc1cc(Br)ccc1C(N)=O. The van der Waals surface area contributed by atoms with E-state index in [9.17, 15) is 4.79 Å². The van der Waals surface area contributed by atoms with Gasteiger partial charge in [0.2, 0.25) is 0 Å². The molecule has 1 aromatic carbocycles. The van der Waals surface area contributed by atoms with E-state index in [1.54, 1.807) is 12.1 Å². The second-order valence-electron chi connectivity index (χ2n) is 3.60. The lowest BCUT2D eigenvalue weighted by molar-refractivity contribution is 0.100. The van der Waals surface area contributed by atoms with E-state index >= 15 is 0 Å². The summed E-state index contributed by atoms with van der Waals surface area (Å²) < 4.78 is 0.894. The molecular weight excluding hydrogens is 270 g/mol. The Hall–Kier alpha value is -1.07. The molecule has 1 aromatic rings. The van der Waals surface area contributed by atoms with Crippen molar-refractivity contribution < 1.29 is 4.79 Å². The van der Waals surface area contributed by atoms with E-state index in [0.717, 1.165) is 10.9 Å². The lowest BCUT2D eigenvalue weighted by atomic mass is 10.1. The average Bonchev–Trinajstić information content (AvgIpc) is 2.25. The van der Waals surface area contributed by atoms with Crippen LogP contribution in [0, 0.1) is 0 Å². The molecule has 1 unspecified atom stereocenters. The fourth-order valence-corrected chi connectivity index (χ4v) is 1.62. The molecule has 1 atom stereocenters. The first-order valence-electron chi connectivity index (χ1n) is 5.13. The lowest BCUT2D eigenvalue weighted by Crippen LogP contribution is -2.28. The minimum Gasteiger partial charge on any atom is -0.383 e. The number of carbonyl (C=O) groups is 1. The highest BCUT2D eigenvalue weighted by Gasteiger charge is 2.09. The molecule has 0 aliphatic rings. The maximum absolute atomic E-state index is 11.2. The van der Waals surface area contributed by atoms with Crippen LogP contribution in [-0.2, 0) is 0 Å². The number of halogens is 1. The van der Waals surface area contributed by atoms with Crippen LogP contribution in [-0.4, -0.2) is 18.5 Å². The van der Waals surface area contributed by atoms with E-state index in [0.29, 0.717) is 17.8 Å². The molecule has 0 saturated carbocycles. The molecule has 0 heterocycles. The van der Waals surface area contributed by atoms with Crippen molar-refractivity contribution in [1.29, 1.82) is 0 Å². The second kappa shape index (κ2) is 5.86. The molecule has 0 aliphatic carbocycles. The van der Waals surface area contributed by atoms with Crippen molar-refractivity contribution in [2.75, 3.05) is 11.9 Å². The highest BCUT2D eigenvalue weighted by atomic mass is 79.9. The predicted octanol–water partition coefficient (Wildman–Crippen LogP) is 1.70. The van der Waals surface area contributed by atoms with Crippen molar-refractivity contribution in [3.63, 3.8) is 0 Å². The summed E-state index contributed by atoms with van der Waals surface area (Å²) in [5, 5.41) is 3.13. The van der Waals surface area contributed by atoms with Gasteiger partial charge >= 0.3 is 0 Å². The van der Waals surface area contributed by atoms with Crippen LogP contribution in [0.4, 0.5) is 5.69 Å². The van der Waals surface area contributed by atoms with Gasteiger partial charge in [-0.3, -0.25) is 4.79 Å². The number of carbonyl (C=O) groups excluding carboxylic acids is 1. The molecule has 16 heavy (non-hydrogen) atoms. The molecule has 5 heteroatoms. The van der Waals surface area contributed by atoms with Crippen LogP contribution in [0.25, 0.3) is 0 Å². The molecule has 1 amide bonds. The smallest absolute Gasteiger partial charge is 0.250 e. The van der Waals surface area contributed by atoms with Crippen LogP contribution < -0.4 is 16.8 Å². The maximum atomic E-state index is 11.2. The molecule has 0 saturated heterocycles. The zero-order valence-corrected chi connectivity index (χ0v) is 10.8. The average molecular weight is 286 g/mol. The predicted molar refractivity (Wildman–Crippen MR) is 69.4 cm³/mol. The van der Waals surface area contributed by atoms with E-state index in [4.69, 9.17) is 11.5 Å². The highest BCUT2D eigenvalue weighted by Crippen LogP contribution is 2.21. The quantitative estimate of drug-likeness (QED) is 0.770. The Kier molecular flexibility index (Phi) is 4.76. The van der Waals surface area contributed by atoms with Crippen molar-refractivity contribution in [3.8, 4) is 0 Å². The van der Waals surface area contributed by atoms with Gasteiger partial charge in [0.1, 0.15) is 0 Å². The number of anilines is 1. The highest BCUT2D eigenvalue weighted by molar-refractivity contribution is 9.10. The summed E-state index contributed by atoms with van der Waals surface area (Å²) in [6.45, 7) is 2.63. The molecule has 5 N–H and O–H groups in total. The van der Waals surface area contributed by atoms with Gasteiger partial charge in [0.25, 0.3) is 5.91 Å². The summed E-state index contributed by atoms with van der Waals surface area (Å²) in [5.74, 6) is -0.444. The van der Waals surface area contributed by atoms with Crippen LogP contribution in [0.1, 0.15) is 23.7 Å². The number of primary amides is 1. The van der Waals surface area contributed by atoms with Crippen molar-refractivity contribution in [2.45, 2.75) is 19.4 Å². The zero-order valence-electron chi connectivity index (χ0n) is 9.16. The van der Waals surface area contributed by atoms with Crippen LogP contribution in [0.3, 0.4) is 0 Å². The van der Waals surface area contributed by atoms with E-state index in [1.165, 1.54) is 0 Å². The summed E-state index contributed by atoms with van der Waals surface area (Å²) in [4.78, 5) is 11.2. The Balaban J connectivity index is 2.84. The first-order valence-corrected chi connectivity index (χ1v) is 5.92. The summed E-state index contributed by atoms with van der Waals surface area (Å²) in [7, 11) is 0. The van der Waals surface area contributed by atoms with Gasteiger partial charge in [0.15, 0.2) is 0 Å². The Bertz CT molecular complexity index is 381. The van der Waals surface area contributed by atoms with Crippen molar-refractivity contribution >= 4 is 27.5 Å². The zero-order chi connectivity index (χ0) is 12.1. The molecule has 0 radical (unpaired) electrons. The van der Waals surface area contributed by atoms with Gasteiger partial charge in [-0.2, -0.15) is 0 Å². The third-order valence-corrected chi connectivity index (χ3v) is 2.82. The van der Waals surface area contributed by atoms with E-state index in [-0.39, 0.29) is 6.04 Å². The van der Waals surface area contributed by atoms with Gasteiger partial charge in [-0.25, -0.2) is 0 Å². The number of nitrogens with two attached hydrogens (primary N) is 2. The summed E-state index contributed by atoms with van der Waals surface area (Å²) in [6, 6.07) is 5.36. The van der Waals surface area contributed by atoms with Crippen LogP contribution in [0.15, 0.2) is 22.7 Å². The molecule has 0 spiro atoms. The number of nitrogens with one attached hydrogen (secondary N) is 1. The van der Waals surface area contributed by atoms with Crippen molar-refractivity contribution in [1.82, 2.24) is 0 Å². The van der Waals surface area contributed by atoms with E-state index in [1.807, 2.05) is 13.0 Å². The first-order chi connectivity index (χ1) is 7.54. The van der Waals surface area contributed by atoms with Crippen LogP contribution >= 0.6 is 15.9 Å². The molecule has 1 rings (SSSR count). The molecule has 4 nitrogen and oxygen atoms in total. The summed E-state index contributed by atoms with van der Waals surface area (Å²) in [6.07, 6.45) is 0.882. The minimum absolute atomic E-state index is 0.0692. The number of hydrogen-bond donors (Lipinski definition) is 3. The third kappa shape index (κ3) is 3.50. The summed E-state index contributed by atoms with van der Waals surface area (Å²) in [5.41, 5.74) is 12.3. The van der Waals surface area contributed by atoms with Gasteiger partial charge < -0.3 is 16.8 Å². The molecule has 0 bridgehead atoms. The van der Waals surface area contributed by atoms with Gasteiger partial charge in [-0.05, 0) is 24.6 Å². The molecule has 88 valence electrons. The fraction of sp³-hybridized carbons (Fsp3) is 0.364. The largest absolute Gasteiger partial charge is 0.383 e. The lowest BCUT2D eigenvalue weighted by Gasteiger charge is -2.14. The van der Waals surface area contributed by atoms with Gasteiger partial charge in [0.05, 0.1) is 5.56 Å². The molecule has 0 aliphatic heterocycles. The van der Waals surface area contributed by atoms with Crippen LogP contribution in [0.2, 0.25) is 0 Å².